The van der Waals surface area contributed by atoms with Crippen molar-refractivity contribution < 1.29 is 9.53 Å². The van der Waals surface area contributed by atoms with Gasteiger partial charge in [-0.15, -0.1) is 5.10 Å². The van der Waals surface area contributed by atoms with Gasteiger partial charge in [0.25, 0.3) is 0 Å². The number of para-hydroxylation sites is 1. The number of ether oxygens (including phenoxy) is 1. The molecule has 8 heteroatoms. The molecule has 0 radical (unpaired) electrons. The summed E-state index contributed by atoms with van der Waals surface area (Å²) in [4.78, 5) is 12.4. The van der Waals surface area contributed by atoms with Crippen LogP contribution in [0.2, 0.25) is 0 Å². The van der Waals surface area contributed by atoms with E-state index in [1.165, 1.54) is 23.1 Å². The smallest absolute Gasteiger partial charge is 0.237 e. The highest BCUT2D eigenvalue weighted by Gasteiger charge is 2.18. The molecule has 5 nitrogen and oxygen atoms in total. The molecule has 0 aliphatic carbocycles. The number of hydrogen-bond donors (Lipinski definition) is 1. The number of amides is 1. The summed E-state index contributed by atoms with van der Waals surface area (Å²) in [6.45, 7) is 1.84. The van der Waals surface area contributed by atoms with Gasteiger partial charge in [-0.2, -0.15) is 0 Å². The Morgan fingerprint density at radius 3 is 2.77 bits per heavy atom. The van der Waals surface area contributed by atoms with Crippen LogP contribution in [0.5, 0.6) is 5.75 Å². The summed E-state index contributed by atoms with van der Waals surface area (Å²) >= 11 is 8.18. The number of thioether (sulfide) groups is 1. The van der Waals surface area contributed by atoms with Crippen LogP contribution in [0.1, 0.15) is 6.92 Å². The summed E-state index contributed by atoms with van der Waals surface area (Å²) in [5.74, 6) is 0.596. The number of benzene rings is 2. The molecule has 1 heterocycles. The lowest BCUT2D eigenvalue weighted by molar-refractivity contribution is -0.115. The molecule has 0 spiro atoms. The average molecular weight is 404 g/mol. The average Bonchev–Trinajstić information content (AvgIpc) is 3.02. The third-order valence-electron chi connectivity index (χ3n) is 3.51. The Labute approximate surface area is 165 Å². The van der Waals surface area contributed by atoms with E-state index >= 15 is 0 Å². The molecule has 0 saturated heterocycles. The monoisotopic (exact) mass is 403 g/mol. The van der Waals surface area contributed by atoms with Crippen molar-refractivity contribution in [3.05, 3.63) is 58.6 Å². The quantitative estimate of drug-likeness (QED) is 0.474. The zero-order chi connectivity index (χ0) is 18.5. The van der Waals surface area contributed by atoms with Gasteiger partial charge < -0.3 is 10.1 Å². The summed E-state index contributed by atoms with van der Waals surface area (Å²) in [6.07, 6.45) is 0. The van der Waals surface area contributed by atoms with E-state index in [4.69, 9.17) is 17.0 Å². The molecule has 2 aromatic carbocycles. The summed E-state index contributed by atoms with van der Waals surface area (Å²) in [6, 6.07) is 17.0. The van der Waals surface area contributed by atoms with Gasteiger partial charge in [0, 0.05) is 11.8 Å². The van der Waals surface area contributed by atoms with E-state index in [-0.39, 0.29) is 11.2 Å². The van der Waals surface area contributed by atoms with E-state index in [1.54, 1.807) is 17.9 Å². The van der Waals surface area contributed by atoms with Crippen LogP contribution in [0, 0.1) is 3.95 Å². The zero-order valence-corrected chi connectivity index (χ0v) is 16.7. The SMILES string of the molecule is COc1cccc(NC(=O)[C@H](C)Sc2nn(-c3ccccc3)c(=S)s2)c1. The molecular formula is C18H17N3O2S3. The Kier molecular flexibility index (Phi) is 6.08. The number of anilines is 1. The minimum absolute atomic E-state index is 0.101. The van der Waals surface area contributed by atoms with Gasteiger partial charge in [-0.1, -0.05) is 47.4 Å². The minimum Gasteiger partial charge on any atom is -0.497 e. The minimum atomic E-state index is -0.314. The Morgan fingerprint density at radius 1 is 1.27 bits per heavy atom. The van der Waals surface area contributed by atoms with Crippen LogP contribution in [0.3, 0.4) is 0 Å². The first-order chi connectivity index (χ1) is 12.6. The number of nitrogens with zero attached hydrogens (tertiary/aromatic N) is 2. The molecule has 0 unspecified atom stereocenters. The molecule has 0 aliphatic heterocycles. The Balaban J connectivity index is 1.69. The molecule has 1 aromatic heterocycles. The fourth-order valence-corrected chi connectivity index (χ4v) is 4.70. The number of aromatic nitrogens is 2. The first-order valence-corrected chi connectivity index (χ1v) is 9.94. The predicted octanol–water partition coefficient (Wildman–Crippen LogP) is 4.79. The second-order valence-electron chi connectivity index (χ2n) is 5.36. The van der Waals surface area contributed by atoms with Gasteiger partial charge >= 0.3 is 0 Å². The van der Waals surface area contributed by atoms with E-state index in [1.807, 2.05) is 55.5 Å². The number of carbonyl (C=O) groups excluding carboxylic acids is 1. The third-order valence-corrected chi connectivity index (χ3v) is 5.93. The van der Waals surface area contributed by atoms with Gasteiger partial charge in [0.05, 0.1) is 18.0 Å². The Morgan fingerprint density at radius 2 is 2.04 bits per heavy atom. The predicted molar refractivity (Wildman–Crippen MR) is 109 cm³/mol. The van der Waals surface area contributed by atoms with Crippen molar-refractivity contribution in [2.45, 2.75) is 16.5 Å². The van der Waals surface area contributed by atoms with Crippen LogP contribution in [0.4, 0.5) is 5.69 Å². The second kappa shape index (κ2) is 8.48. The van der Waals surface area contributed by atoms with Crippen molar-refractivity contribution in [2.75, 3.05) is 12.4 Å². The molecule has 0 aliphatic rings. The summed E-state index contributed by atoms with van der Waals surface area (Å²) in [5, 5.41) is 7.11. The third kappa shape index (κ3) is 4.51. The van der Waals surface area contributed by atoms with E-state index in [9.17, 15) is 4.79 Å². The van der Waals surface area contributed by atoms with Crippen LogP contribution in [-0.2, 0) is 4.79 Å². The normalized spacial score (nSPS) is 11.8. The lowest BCUT2D eigenvalue weighted by Crippen LogP contribution is -2.22. The first kappa shape index (κ1) is 18.6. The summed E-state index contributed by atoms with van der Waals surface area (Å²) < 4.78 is 8.30. The van der Waals surface area contributed by atoms with Crippen molar-refractivity contribution in [1.29, 1.82) is 0 Å². The molecule has 134 valence electrons. The van der Waals surface area contributed by atoms with Crippen molar-refractivity contribution >= 4 is 46.9 Å². The Hall–Kier alpha value is -2.16. The van der Waals surface area contributed by atoms with Crippen LogP contribution in [0.25, 0.3) is 5.69 Å². The number of hydrogen-bond acceptors (Lipinski definition) is 6. The van der Waals surface area contributed by atoms with Gasteiger partial charge in [0.1, 0.15) is 5.75 Å². The molecule has 0 saturated carbocycles. The van der Waals surface area contributed by atoms with Gasteiger partial charge in [-0.3, -0.25) is 4.79 Å². The molecule has 26 heavy (non-hydrogen) atoms. The van der Waals surface area contributed by atoms with Crippen molar-refractivity contribution in [2.24, 2.45) is 0 Å². The first-order valence-electron chi connectivity index (χ1n) is 7.84. The van der Waals surface area contributed by atoms with Gasteiger partial charge in [0.15, 0.2) is 8.29 Å². The Bertz CT molecular complexity index is 954. The van der Waals surface area contributed by atoms with Crippen molar-refractivity contribution in [3.8, 4) is 11.4 Å². The number of methoxy groups -OCH3 is 1. The molecule has 1 atom stereocenters. The maximum Gasteiger partial charge on any atom is 0.237 e. The van der Waals surface area contributed by atoms with Gasteiger partial charge in [0.2, 0.25) is 5.91 Å². The molecule has 1 amide bonds. The highest BCUT2D eigenvalue weighted by molar-refractivity contribution is 8.02. The maximum absolute atomic E-state index is 12.4. The van der Waals surface area contributed by atoms with E-state index in [0.29, 0.717) is 15.4 Å². The molecule has 0 fully saturated rings. The van der Waals surface area contributed by atoms with E-state index in [0.717, 1.165) is 10.0 Å². The zero-order valence-electron chi connectivity index (χ0n) is 14.2. The number of carbonyl (C=O) groups is 1. The topological polar surface area (TPSA) is 56.1 Å². The molecule has 1 N–H and O–H groups in total. The molecule has 0 bridgehead atoms. The molecule has 3 rings (SSSR count). The van der Waals surface area contributed by atoms with Crippen molar-refractivity contribution in [1.82, 2.24) is 9.78 Å². The summed E-state index contributed by atoms with van der Waals surface area (Å²) in [5.41, 5.74) is 1.61. The van der Waals surface area contributed by atoms with Crippen LogP contribution in [0.15, 0.2) is 58.9 Å². The highest BCUT2D eigenvalue weighted by Crippen LogP contribution is 2.28. The molecule has 3 aromatic rings. The van der Waals surface area contributed by atoms with E-state index < -0.39 is 0 Å². The molecular weight excluding hydrogens is 386 g/mol. The second-order valence-corrected chi connectivity index (χ2v) is 8.57. The largest absolute Gasteiger partial charge is 0.497 e. The van der Waals surface area contributed by atoms with Gasteiger partial charge in [-0.05, 0) is 43.4 Å². The van der Waals surface area contributed by atoms with Crippen LogP contribution >= 0.6 is 35.3 Å². The van der Waals surface area contributed by atoms with Crippen LogP contribution < -0.4 is 10.1 Å². The van der Waals surface area contributed by atoms with E-state index in [2.05, 4.69) is 10.4 Å². The highest BCUT2D eigenvalue weighted by atomic mass is 32.2. The fourth-order valence-electron chi connectivity index (χ4n) is 2.19. The fraction of sp³-hybridized carbons (Fsp3) is 0.167. The maximum atomic E-state index is 12.4. The van der Waals surface area contributed by atoms with Crippen molar-refractivity contribution in [3.63, 3.8) is 0 Å². The summed E-state index contributed by atoms with van der Waals surface area (Å²) in [7, 11) is 1.59. The van der Waals surface area contributed by atoms with Gasteiger partial charge in [-0.25, -0.2) is 4.68 Å². The lowest BCUT2D eigenvalue weighted by atomic mass is 10.3. The number of nitrogens with one attached hydrogen (secondary N) is 1. The number of rotatable bonds is 6. The standard InChI is InChI=1S/C18H17N3O2S3/c1-12(16(22)19-13-7-6-10-15(11-13)23-2)25-17-20-21(18(24)26-17)14-8-4-3-5-9-14/h3-12H,1-2H3,(H,19,22)/t12-/m0/s1. The lowest BCUT2D eigenvalue weighted by Gasteiger charge is -2.11. The van der Waals surface area contributed by atoms with Crippen LogP contribution in [-0.4, -0.2) is 28.0 Å².